The molecule has 0 bridgehead atoms. The van der Waals surface area contributed by atoms with Crippen LogP contribution in [0.15, 0.2) is 30.3 Å². The van der Waals surface area contributed by atoms with E-state index in [-0.39, 0.29) is 6.41 Å². The highest BCUT2D eigenvalue weighted by Crippen LogP contribution is 2.20. The third-order valence-corrected chi connectivity index (χ3v) is 1.64. The molecular formula is C11H17NO. The zero-order chi connectivity index (χ0) is 10.3. The summed E-state index contributed by atoms with van der Waals surface area (Å²) < 4.78 is 0. The molecule has 0 heterocycles. The van der Waals surface area contributed by atoms with Crippen LogP contribution in [0, 0.1) is 0 Å². The third kappa shape index (κ3) is 5.01. The Morgan fingerprint density at radius 1 is 1.15 bits per heavy atom. The van der Waals surface area contributed by atoms with Gasteiger partial charge < -0.3 is 5.73 Å². The number of carbonyl (C=O) groups excluding carboxylic acids is 1. The second kappa shape index (κ2) is 5.36. The Kier molecular flexibility index (Phi) is 4.82. The van der Waals surface area contributed by atoms with E-state index < -0.39 is 0 Å². The standard InChI is InChI=1S/C10H14.CH3NO/c1-10(2,3)9-7-5-4-6-8-9;2-1-3/h4-8H,1-3H3;1H,(H2,2,3). The summed E-state index contributed by atoms with van der Waals surface area (Å²) in [5.74, 6) is 0. The number of nitrogens with two attached hydrogens (primary N) is 1. The Labute approximate surface area is 79.8 Å². The Bertz CT molecular complexity index is 236. The summed E-state index contributed by atoms with van der Waals surface area (Å²) in [4.78, 5) is 8.58. The first kappa shape index (κ1) is 11.7. The normalized spacial score (nSPS) is 9.77. The molecule has 1 aromatic rings. The predicted molar refractivity (Wildman–Crippen MR) is 55.4 cm³/mol. The molecule has 0 fully saturated rings. The first-order valence-corrected chi connectivity index (χ1v) is 4.23. The molecule has 0 unspecified atom stereocenters. The van der Waals surface area contributed by atoms with Gasteiger partial charge in [-0.1, -0.05) is 51.1 Å². The lowest BCUT2D eigenvalue weighted by molar-refractivity contribution is -0.106. The number of primary amides is 1. The van der Waals surface area contributed by atoms with Crippen molar-refractivity contribution in [3.05, 3.63) is 35.9 Å². The van der Waals surface area contributed by atoms with Crippen molar-refractivity contribution < 1.29 is 4.79 Å². The molecule has 0 aliphatic rings. The molecule has 0 saturated carbocycles. The highest BCUT2D eigenvalue weighted by atomic mass is 16.1. The molecule has 0 saturated heterocycles. The van der Waals surface area contributed by atoms with Gasteiger partial charge in [-0.25, -0.2) is 0 Å². The second-order valence-electron chi connectivity index (χ2n) is 3.75. The average Bonchev–Trinajstić information content (AvgIpc) is 2.06. The van der Waals surface area contributed by atoms with E-state index in [1.807, 2.05) is 0 Å². The van der Waals surface area contributed by atoms with Crippen LogP contribution in [-0.2, 0) is 10.2 Å². The van der Waals surface area contributed by atoms with Crippen molar-refractivity contribution in [1.29, 1.82) is 0 Å². The van der Waals surface area contributed by atoms with Gasteiger partial charge >= 0.3 is 0 Å². The van der Waals surface area contributed by atoms with Gasteiger partial charge in [0.2, 0.25) is 6.41 Å². The first-order valence-electron chi connectivity index (χ1n) is 4.23. The number of hydrogen-bond acceptors (Lipinski definition) is 1. The molecule has 0 aromatic heterocycles. The Hall–Kier alpha value is -1.31. The molecule has 0 aliphatic carbocycles. The van der Waals surface area contributed by atoms with Crippen molar-refractivity contribution in [2.45, 2.75) is 26.2 Å². The lowest BCUT2D eigenvalue weighted by Gasteiger charge is -2.18. The molecule has 0 radical (unpaired) electrons. The Balaban J connectivity index is 0.000000424. The van der Waals surface area contributed by atoms with Gasteiger partial charge in [0.05, 0.1) is 0 Å². The summed E-state index contributed by atoms with van der Waals surface area (Å²) in [6.07, 6.45) is 0.250. The minimum absolute atomic E-state index is 0.250. The summed E-state index contributed by atoms with van der Waals surface area (Å²) in [5.41, 5.74) is 5.86. The quantitative estimate of drug-likeness (QED) is 0.609. The van der Waals surface area contributed by atoms with Crippen molar-refractivity contribution >= 4 is 6.41 Å². The maximum Gasteiger partial charge on any atom is 0.204 e. The van der Waals surface area contributed by atoms with Crippen LogP contribution in [0.2, 0.25) is 0 Å². The van der Waals surface area contributed by atoms with E-state index in [1.54, 1.807) is 0 Å². The molecular weight excluding hydrogens is 162 g/mol. The smallest absolute Gasteiger partial charge is 0.204 e. The van der Waals surface area contributed by atoms with Crippen LogP contribution in [0.3, 0.4) is 0 Å². The van der Waals surface area contributed by atoms with Crippen molar-refractivity contribution in [3.8, 4) is 0 Å². The number of amides is 1. The van der Waals surface area contributed by atoms with E-state index in [1.165, 1.54) is 5.56 Å². The van der Waals surface area contributed by atoms with Gasteiger partial charge in [0.15, 0.2) is 0 Å². The van der Waals surface area contributed by atoms with Gasteiger partial charge in [0.1, 0.15) is 0 Å². The fourth-order valence-electron chi connectivity index (χ4n) is 0.938. The van der Waals surface area contributed by atoms with E-state index in [9.17, 15) is 0 Å². The largest absolute Gasteiger partial charge is 0.372 e. The van der Waals surface area contributed by atoms with Gasteiger partial charge in [-0.05, 0) is 11.0 Å². The molecule has 13 heavy (non-hydrogen) atoms. The van der Waals surface area contributed by atoms with E-state index >= 15 is 0 Å². The van der Waals surface area contributed by atoms with Crippen molar-refractivity contribution in [3.63, 3.8) is 0 Å². The molecule has 1 amide bonds. The molecule has 72 valence electrons. The van der Waals surface area contributed by atoms with Crippen LogP contribution in [0.5, 0.6) is 0 Å². The number of benzene rings is 1. The van der Waals surface area contributed by atoms with Gasteiger partial charge in [0.25, 0.3) is 0 Å². The molecule has 2 nitrogen and oxygen atoms in total. The van der Waals surface area contributed by atoms with E-state index in [0.29, 0.717) is 5.41 Å². The fourth-order valence-corrected chi connectivity index (χ4v) is 0.938. The number of carbonyl (C=O) groups is 1. The van der Waals surface area contributed by atoms with Gasteiger partial charge in [-0.2, -0.15) is 0 Å². The van der Waals surface area contributed by atoms with Crippen molar-refractivity contribution in [2.24, 2.45) is 5.73 Å². The van der Waals surface area contributed by atoms with Crippen LogP contribution in [0.25, 0.3) is 0 Å². The molecule has 2 N–H and O–H groups in total. The summed E-state index contributed by atoms with van der Waals surface area (Å²) in [5, 5.41) is 0. The van der Waals surface area contributed by atoms with Crippen LogP contribution < -0.4 is 5.73 Å². The second-order valence-corrected chi connectivity index (χ2v) is 3.75. The number of hydrogen-bond donors (Lipinski definition) is 1. The topological polar surface area (TPSA) is 43.1 Å². The predicted octanol–water partition coefficient (Wildman–Crippen LogP) is 2.09. The molecule has 0 aliphatic heterocycles. The lowest BCUT2D eigenvalue weighted by atomic mass is 9.87. The van der Waals surface area contributed by atoms with E-state index in [0.717, 1.165) is 0 Å². The van der Waals surface area contributed by atoms with Gasteiger partial charge in [0, 0.05) is 0 Å². The zero-order valence-corrected chi connectivity index (χ0v) is 8.45. The zero-order valence-electron chi connectivity index (χ0n) is 8.45. The highest BCUT2D eigenvalue weighted by Gasteiger charge is 2.11. The molecule has 1 rings (SSSR count). The summed E-state index contributed by atoms with van der Waals surface area (Å²) in [6.45, 7) is 6.67. The van der Waals surface area contributed by atoms with Crippen LogP contribution in [0.4, 0.5) is 0 Å². The van der Waals surface area contributed by atoms with E-state index in [2.05, 4.69) is 56.8 Å². The first-order chi connectivity index (χ1) is 6.02. The van der Waals surface area contributed by atoms with Crippen molar-refractivity contribution in [1.82, 2.24) is 0 Å². The molecule has 1 aromatic carbocycles. The van der Waals surface area contributed by atoms with Crippen molar-refractivity contribution in [2.75, 3.05) is 0 Å². The van der Waals surface area contributed by atoms with Crippen LogP contribution in [0.1, 0.15) is 26.3 Å². The van der Waals surface area contributed by atoms with Gasteiger partial charge in [-0.15, -0.1) is 0 Å². The maximum atomic E-state index is 8.58. The van der Waals surface area contributed by atoms with Crippen LogP contribution >= 0.6 is 0 Å². The fraction of sp³-hybridized carbons (Fsp3) is 0.364. The minimum atomic E-state index is 0.250. The summed E-state index contributed by atoms with van der Waals surface area (Å²) >= 11 is 0. The minimum Gasteiger partial charge on any atom is -0.372 e. The third-order valence-electron chi connectivity index (χ3n) is 1.64. The van der Waals surface area contributed by atoms with E-state index in [4.69, 9.17) is 4.79 Å². The monoisotopic (exact) mass is 179 g/mol. The SMILES string of the molecule is CC(C)(C)c1ccccc1.NC=O. The highest BCUT2D eigenvalue weighted by molar-refractivity contribution is 5.42. The molecule has 2 heteroatoms. The maximum absolute atomic E-state index is 8.58. The lowest BCUT2D eigenvalue weighted by Crippen LogP contribution is -2.10. The average molecular weight is 179 g/mol. The summed E-state index contributed by atoms with van der Waals surface area (Å²) in [6, 6.07) is 10.6. The molecule has 0 spiro atoms. The van der Waals surface area contributed by atoms with Crippen LogP contribution in [-0.4, -0.2) is 6.41 Å². The molecule has 0 atom stereocenters. The Morgan fingerprint density at radius 3 is 1.77 bits per heavy atom. The number of rotatable bonds is 0. The van der Waals surface area contributed by atoms with Gasteiger partial charge in [-0.3, -0.25) is 4.79 Å². The summed E-state index contributed by atoms with van der Waals surface area (Å²) in [7, 11) is 0. The Morgan fingerprint density at radius 2 is 1.54 bits per heavy atom.